The van der Waals surface area contributed by atoms with E-state index in [4.69, 9.17) is 0 Å². The Morgan fingerprint density at radius 2 is 2.06 bits per heavy atom. The fourth-order valence-corrected chi connectivity index (χ4v) is 2.84. The summed E-state index contributed by atoms with van der Waals surface area (Å²) >= 11 is 0. The van der Waals surface area contributed by atoms with Gasteiger partial charge in [-0.3, -0.25) is 0 Å². The van der Waals surface area contributed by atoms with E-state index in [0.29, 0.717) is 0 Å². The summed E-state index contributed by atoms with van der Waals surface area (Å²) in [5, 5.41) is 3.44. The molecule has 0 radical (unpaired) electrons. The van der Waals surface area contributed by atoms with Crippen molar-refractivity contribution in [3.63, 3.8) is 0 Å². The Balaban J connectivity index is 2.13. The Hall–Kier alpha value is -1.61. The van der Waals surface area contributed by atoms with Crippen LogP contribution in [-0.4, -0.2) is 16.1 Å². The van der Waals surface area contributed by atoms with E-state index in [0.717, 1.165) is 31.0 Å². The molecule has 0 saturated carbocycles. The van der Waals surface area contributed by atoms with Crippen molar-refractivity contribution in [1.82, 2.24) is 14.9 Å². The molecule has 0 aliphatic carbocycles. The van der Waals surface area contributed by atoms with E-state index in [1.54, 1.807) is 0 Å². The molecule has 0 spiro atoms. The number of aromatic nitrogens is 2. The average Bonchev–Trinajstić information content (AvgIpc) is 2.68. The first-order valence-electron chi connectivity index (χ1n) is 6.51. The molecule has 0 amide bonds. The second-order valence-corrected chi connectivity index (χ2v) is 5.13. The van der Waals surface area contributed by atoms with Gasteiger partial charge in [-0.25, -0.2) is 4.98 Å². The Labute approximate surface area is 108 Å². The van der Waals surface area contributed by atoms with Crippen LogP contribution in [0.1, 0.15) is 28.2 Å². The first-order valence-corrected chi connectivity index (χ1v) is 6.51. The Bertz CT molecular complexity index is 596. The maximum absolute atomic E-state index is 4.48. The van der Waals surface area contributed by atoms with E-state index in [2.05, 4.69) is 47.0 Å². The van der Waals surface area contributed by atoms with Gasteiger partial charge < -0.3 is 9.88 Å². The summed E-state index contributed by atoms with van der Waals surface area (Å²) < 4.78 is 2.18. The molecule has 3 nitrogen and oxygen atoms in total. The molecular weight excluding hydrogens is 222 g/mol. The lowest BCUT2D eigenvalue weighted by Crippen LogP contribution is -2.24. The number of imidazole rings is 1. The fourth-order valence-electron chi connectivity index (χ4n) is 2.84. The smallest absolute Gasteiger partial charge is 0.110 e. The first kappa shape index (κ1) is 11.5. The molecule has 1 aromatic heterocycles. The van der Waals surface area contributed by atoms with Gasteiger partial charge in [0.15, 0.2) is 0 Å². The van der Waals surface area contributed by atoms with Gasteiger partial charge in [0.25, 0.3) is 0 Å². The Kier molecular flexibility index (Phi) is 2.71. The molecule has 1 aliphatic rings. The maximum atomic E-state index is 4.48. The van der Waals surface area contributed by atoms with E-state index >= 15 is 0 Å². The lowest BCUT2D eigenvalue weighted by Gasteiger charge is -2.21. The number of fused-ring (bicyclic) bond motifs is 1. The van der Waals surface area contributed by atoms with Crippen molar-refractivity contribution in [3.8, 4) is 5.69 Å². The lowest BCUT2D eigenvalue weighted by atomic mass is 9.95. The van der Waals surface area contributed by atoms with E-state index in [1.165, 1.54) is 22.4 Å². The van der Waals surface area contributed by atoms with E-state index < -0.39 is 0 Å². The summed E-state index contributed by atoms with van der Waals surface area (Å²) in [5.74, 6) is 1.05. The van der Waals surface area contributed by atoms with Gasteiger partial charge in [0, 0.05) is 18.4 Å². The number of hydrogen-bond acceptors (Lipinski definition) is 2. The zero-order valence-electron chi connectivity index (χ0n) is 11.2. The predicted molar refractivity (Wildman–Crippen MR) is 73.2 cm³/mol. The van der Waals surface area contributed by atoms with Gasteiger partial charge >= 0.3 is 0 Å². The summed E-state index contributed by atoms with van der Waals surface area (Å²) in [6.45, 7) is 8.39. The van der Waals surface area contributed by atoms with Crippen molar-refractivity contribution in [2.45, 2.75) is 33.7 Å². The molecule has 2 heterocycles. The van der Waals surface area contributed by atoms with Gasteiger partial charge in [-0.2, -0.15) is 0 Å². The highest BCUT2D eigenvalue weighted by Gasteiger charge is 2.13. The maximum Gasteiger partial charge on any atom is 0.110 e. The molecule has 0 bridgehead atoms. The zero-order chi connectivity index (χ0) is 12.7. The van der Waals surface area contributed by atoms with E-state index in [-0.39, 0.29) is 0 Å². The van der Waals surface area contributed by atoms with Crippen LogP contribution < -0.4 is 5.32 Å². The quantitative estimate of drug-likeness (QED) is 0.831. The Morgan fingerprint density at radius 1 is 1.22 bits per heavy atom. The van der Waals surface area contributed by atoms with Gasteiger partial charge in [-0.05, 0) is 62.6 Å². The van der Waals surface area contributed by atoms with Crippen LogP contribution in [0.2, 0.25) is 0 Å². The summed E-state index contributed by atoms with van der Waals surface area (Å²) in [6, 6.07) is 4.57. The summed E-state index contributed by atoms with van der Waals surface area (Å²) in [5.41, 5.74) is 6.65. The molecule has 0 fully saturated rings. The molecule has 0 atom stereocenters. The Morgan fingerprint density at radius 3 is 2.78 bits per heavy atom. The minimum absolute atomic E-state index is 0.983. The van der Waals surface area contributed by atoms with Crippen LogP contribution in [0, 0.1) is 20.8 Å². The van der Waals surface area contributed by atoms with Gasteiger partial charge in [0.1, 0.15) is 5.82 Å². The molecule has 2 aromatic rings. The number of hydrogen-bond donors (Lipinski definition) is 1. The molecular formula is C15H19N3. The number of rotatable bonds is 1. The van der Waals surface area contributed by atoms with Crippen molar-refractivity contribution in [2.24, 2.45) is 0 Å². The molecule has 0 unspecified atom stereocenters. The SMILES string of the molecule is Cc1cn(-c2cc(C)c3c(c2)CNCC3)c(C)n1. The number of nitrogens with one attached hydrogen (secondary N) is 1. The van der Waals surface area contributed by atoms with Crippen molar-refractivity contribution >= 4 is 0 Å². The topological polar surface area (TPSA) is 29.9 Å². The monoisotopic (exact) mass is 241 g/mol. The van der Waals surface area contributed by atoms with Gasteiger partial charge in [0.05, 0.1) is 5.69 Å². The summed E-state index contributed by atoms with van der Waals surface area (Å²) in [7, 11) is 0. The minimum atomic E-state index is 0.983. The van der Waals surface area contributed by atoms with Crippen molar-refractivity contribution in [1.29, 1.82) is 0 Å². The van der Waals surface area contributed by atoms with Crippen LogP contribution in [0.15, 0.2) is 18.3 Å². The highest BCUT2D eigenvalue weighted by atomic mass is 15.1. The molecule has 1 aliphatic heterocycles. The van der Waals surface area contributed by atoms with Crippen LogP contribution in [-0.2, 0) is 13.0 Å². The number of nitrogens with zero attached hydrogens (tertiary/aromatic N) is 2. The molecule has 3 heteroatoms. The van der Waals surface area contributed by atoms with Crippen LogP contribution in [0.25, 0.3) is 5.69 Å². The summed E-state index contributed by atoms with van der Waals surface area (Å²) in [6.07, 6.45) is 3.25. The number of benzene rings is 1. The highest BCUT2D eigenvalue weighted by Crippen LogP contribution is 2.23. The predicted octanol–water partition coefficient (Wildman–Crippen LogP) is 2.44. The van der Waals surface area contributed by atoms with Crippen LogP contribution >= 0.6 is 0 Å². The minimum Gasteiger partial charge on any atom is -0.312 e. The highest BCUT2D eigenvalue weighted by molar-refractivity contribution is 5.47. The molecule has 1 aromatic carbocycles. The van der Waals surface area contributed by atoms with Crippen LogP contribution in [0.4, 0.5) is 0 Å². The van der Waals surface area contributed by atoms with Crippen molar-refractivity contribution in [2.75, 3.05) is 6.54 Å². The standard InChI is InChI=1S/C15H19N3/c1-10-6-14(18-9-11(2)17-12(18)3)7-13-8-16-5-4-15(10)13/h6-7,9,16H,4-5,8H2,1-3H3. The largest absolute Gasteiger partial charge is 0.312 e. The van der Waals surface area contributed by atoms with Crippen LogP contribution in [0.3, 0.4) is 0 Å². The fraction of sp³-hybridized carbons (Fsp3) is 0.400. The normalized spacial score (nSPS) is 14.6. The molecule has 18 heavy (non-hydrogen) atoms. The molecule has 3 rings (SSSR count). The molecule has 94 valence electrons. The van der Waals surface area contributed by atoms with Crippen molar-refractivity contribution in [3.05, 3.63) is 46.5 Å². The zero-order valence-corrected chi connectivity index (χ0v) is 11.2. The van der Waals surface area contributed by atoms with E-state index in [9.17, 15) is 0 Å². The summed E-state index contributed by atoms with van der Waals surface area (Å²) in [4.78, 5) is 4.48. The third kappa shape index (κ3) is 1.85. The van der Waals surface area contributed by atoms with Gasteiger partial charge in [-0.1, -0.05) is 0 Å². The van der Waals surface area contributed by atoms with Crippen molar-refractivity contribution < 1.29 is 0 Å². The average molecular weight is 241 g/mol. The van der Waals surface area contributed by atoms with Gasteiger partial charge in [-0.15, -0.1) is 0 Å². The molecule has 1 N–H and O–H groups in total. The van der Waals surface area contributed by atoms with Crippen LogP contribution in [0.5, 0.6) is 0 Å². The van der Waals surface area contributed by atoms with Gasteiger partial charge in [0.2, 0.25) is 0 Å². The van der Waals surface area contributed by atoms with E-state index in [1.807, 2.05) is 6.92 Å². The third-order valence-electron chi connectivity index (χ3n) is 3.70. The first-order chi connectivity index (χ1) is 8.65. The third-order valence-corrected chi connectivity index (χ3v) is 3.70. The number of aryl methyl sites for hydroxylation is 3. The second kappa shape index (κ2) is 4.25. The second-order valence-electron chi connectivity index (χ2n) is 5.13. The molecule has 0 saturated heterocycles. The lowest BCUT2D eigenvalue weighted by molar-refractivity contribution is 0.640.